The Hall–Kier alpha value is -1.93. The van der Waals surface area contributed by atoms with Gasteiger partial charge in [-0.3, -0.25) is 10.3 Å². The van der Waals surface area contributed by atoms with Gasteiger partial charge in [-0.1, -0.05) is 35.4 Å². The van der Waals surface area contributed by atoms with Crippen molar-refractivity contribution in [2.75, 3.05) is 6.67 Å². The minimum atomic E-state index is 0.190. The summed E-state index contributed by atoms with van der Waals surface area (Å²) in [6.07, 6.45) is 0. The lowest BCUT2D eigenvalue weighted by atomic mass is 9.86. The van der Waals surface area contributed by atoms with Crippen molar-refractivity contribution in [2.24, 2.45) is 4.99 Å². The first kappa shape index (κ1) is 15.9. The maximum absolute atomic E-state index is 4.83. The summed E-state index contributed by atoms with van der Waals surface area (Å²) in [4.78, 5) is 4.83. The van der Waals surface area contributed by atoms with Crippen molar-refractivity contribution in [1.29, 1.82) is 0 Å². The zero-order valence-electron chi connectivity index (χ0n) is 15.0. The van der Waals surface area contributed by atoms with Crippen LogP contribution in [0.25, 0.3) is 0 Å². The molecule has 0 amide bonds. The predicted molar refractivity (Wildman–Crippen MR) is 98.6 cm³/mol. The van der Waals surface area contributed by atoms with Crippen molar-refractivity contribution in [2.45, 2.75) is 47.6 Å². The van der Waals surface area contributed by atoms with Gasteiger partial charge in [-0.25, -0.2) is 0 Å². The standard InChI is InChI=1S/C21H26N2/c1-12-7-14(3)18(15(4)8-12)20-21(23-11-22-20)19-16(5)9-13(2)10-17(19)6/h7-10,20,22H,11H2,1-6H3. The normalized spacial score (nSPS) is 17.5. The number of aliphatic imine (C=N–C) groups is 1. The van der Waals surface area contributed by atoms with Crippen LogP contribution < -0.4 is 5.32 Å². The lowest BCUT2D eigenvalue weighted by molar-refractivity contribution is 0.708. The van der Waals surface area contributed by atoms with E-state index in [1.54, 1.807) is 0 Å². The van der Waals surface area contributed by atoms with E-state index in [4.69, 9.17) is 4.99 Å². The van der Waals surface area contributed by atoms with Gasteiger partial charge in [0.05, 0.1) is 18.4 Å². The summed E-state index contributed by atoms with van der Waals surface area (Å²) >= 11 is 0. The highest BCUT2D eigenvalue weighted by molar-refractivity contribution is 6.08. The topological polar surface area (TPSA) is 24.4 Å². The van der Waals surface area contributed by atoms with Gasteiger partial charge in [-0.15, -0.1) is 0 Å². The van der Waals surface area contributed by atoms with E-state index in [-0.39, 0.29) is 6.04 Å². The Morgan fingerprint density at radius 1 is 0.783 bits per heavy atom. The number of hydrogen-bond acceptors (Lipinski definition) is 2. The van der Waals surface area contributed by atoms with Crippen LogP contribution in [0.15, 0.2) is 29.3 Å². The fourth-order valence-corrected chi connectivity index (χ4v) is 4.10. The van der Waals surface area contributed by atoms with Gasteiger partial charge in [0.15, 0.2) is 0 Å². The number of aryl methyl sites for hydroxylation is 6. The molecule has 3 rings (SSSR count). The van der Waals surface area contributed by atoms with Crippen molar-refractivity contribution < 1.29 is 0 Å². The van der Waals surface area contributed by atoms with Crippen LogP contribution in [-0.2, 0) is 0 Å². The number of rotatable bonds is 2. The second kappa shape index (κ2) is 5.93. The van der Waals surface area contributed by atoms with E-state index in [0.29, 0.717) is 6.67 Å². The molecular formula is C21H26N2. The first-order chi connectivity index (χ1) is 10.9. The van der Waals surface area contributed by atoms with Gasteiger partial charge in [0.2, 0.25) is 0 Å². The number of nitrogens with zero attached hydrogens (tertiary/aromatic N) is 1. The van der Waals surface area contributed by atoms with Crippen molar-refractivity contribution >= 4 is 5.71 Å². The Morgan fingerprint density at radius 3 is 1.78 bits per heavy atom. The molecule has 0 radical (unpaired) electrons. The first-order valence-electron chi connectivity index (χ1n) is 8.32. The molecule has 0 aromatic heterocycles. The van der Waals surface area contributed by atoms with Crippen molar-refractivity contribution in [3.8, 4) is 0 Å². The third-order valence-electron chi connectivity index (χ3n) is 4.78. The Morgan fingerprint density at radius 2 is 1.26 bits per heavy atom. The average molecular weight is 306 g/mol. The van der Waals surface area contributed by atoms with Gasteiger partial charge in [-0.05, 0) is 69.4 Å². The maximum atomic E-state index is 4.83. The SMILES string of the molecule is Cc1cc(C)c(C2=NCNC2c2c(C)cc(C)cc2C)c(C)c1. The lowest BCUT2D eigenvalue weighted by Gasteiger charge is -2.22. The molecule has 0 bridgehead atoms. The van der Waals surface area contributed by atoms with E-state index in [1.165, 1.54) is 50.2 Å². The first-order valence-corrected chi connectivity index (χ1v) is 8.32. The van der Waals surface area contributed by atoms with E-state index < -0.39 is 0 Å². The van der Waals surface area contributed by atoms with Crippen LogP contribution in [0.3, 0.4) is 0 Å². The molecule has 0 spiro atoms. The molecule has 1 aliphatic rings. The van der Waals surface area contributed by atoms with Crippen LogP contribution in [-0.4, -0.2) is 12.4 Å². The molecular weight excluding hydrogens is 280 g/mol. The predicted octanol–water partition coefficient (Wildman–Crippen LogP) is 4.63. The summed E-state index contributed by atoms with van der Waals surface area (Å²) in [6.45, 7) is 13.8. The van der Waals surface area contributed by atoms with E-state index in [0.717, 1.165) is 0 Å². The largest absolute Gasteiger partial charge is 0.286 e. The highest BCUT2D eigenvalue weighted by Gasteiger charge is 2.28. The van der Waals surface area contributed by atoms with Crippen LogP contribution >= 0.6 is 0 Å². The summed E-state index contributed by atoms with van der Waals surface area (Å²) in [5, 5.41) is 3.59. The molecule has 1 aliphatic heterocycles. The van der Waals surface area contributed by atoms with Crippen LogP contribution in [0, 0.1) is 41.5 Å². The molecule has 1 heterocycles. The third-order valence-corrected chi connectivity index (χ3v) is 4.78. The summed E-state index contributed by atoms with van der Waals surface area (Å²) in [5.74, 6) is 0. The minimum absolute atomic E-state index is 0.190. The second-order valence-electron chi connectivity index (χ2n) is 6.92. The molecule has 1 atom stereocenters. The van der Waals surface area contributed by atoms with E-state index in [2.05, 4.69) is 71.1 Å². The highest BCUT2D eigenvalue weighted by Crippen LogP contribution is 2.31. The Kier molecular flexibility index (Phi) is 4.11. The van der Waals surface area contributed by atoms with E-state index in [9.17, 15) is 0 Å². The third kappa shape index (κ3) is 2.84. The summed E-state index contributed by atoms with van der Waals surface area (Å²) < 4.78 is 0. The van der Waals surface area contributed by atoms with Gasteiger partial charge in [-0.2, -0.15) is 0 Å². The Bertz CT molecular complexity index is 753. The van der Waals surface area contributed by atoms with Crippen molar-refractivity contribution in [3.05, 3.63) is 68.8 Å². The quantitative estimate of drug-likeness (QED) is 0.859. The zero-order valence-corrected chi connectivity index (χ0v) is 15.0. The average Bonchev–Trinajstić information content (AvgIpc) is 2.85. The fourth-order valence-electron chi connectivity index (χ4n) is 4.10. The van der Waals surface area contributed by atoms with Crippen LogP contribution in [0.4, 0.5) is 0 Å². The number of benzene rings is 2. The summed E-state index contributed by atoms with van der Waals surface area (Å²) in [5.41, 5.74) is 11.8. The van der Waals surface area contributed by atoms with Crippen LogP contribution in [0.5, 0.6) is 0 Å². The van der Waals surface area contributed by atoms with Crippen molar-refractivity contribution in [3.63, 3.8) is 0 Å². The van der Waals surface area contributed by atoms with Crippen LogP contribution in [0.2, 0.25) is 0 Å². The number of hydrogen-bond donors (Lipinski definition) is 1. The van der Waals surface area contributed by atoms with E-state index in [1.807, 2.05) is 0 Å². The molecule has 120 valence electrons. The minimum Gasteiger partial charge on any atom is -0.286 e. The Labute approximate surface area is 139 Å². The van der Waals surface area contributed by atoms with Crippen LogP contribution in [0.1, 0.15) is 50.5 Å². The molecule has 1 N–H and O–H groups in total. The maximum Gasteiger partial charge on any atom is 0.0896 e. The van der Waals surface area contributed by atoms with Gasteiger partial charge in [0.1, 0.15) is 0 Å². The Balaban J connectivity index is 2.13. The number of nitrogens with one attached hydrogen (secondary N) is 1. The monoisotopic (exact) mass is 306 g/mol. The molecule has 2 aromatic carbocycles. The zero-order chi connectivity index (χ0) is 16.7. The molecule has 2 aromatic rings. The van der Waals surface area contributed by atoms with Gasteiger partial charge >= 0.3 is 0 Å². The fraction of sp³-hybridized carbons (Fsp3) is 0.381. The molecule has 2 heteroatoms. The van der Waals surface area contributed by atoms with Crippen molar-refractivity contribution in [1.82, 2.24) is 5.32 Å². The molecule has 0 aliphatic carbocycles. The summed E-state index contributed by atoms with van der Waals surface area (Å²) in [6, 6.07) is 9.25. The molecule has 1 unspecified atom stereocenters. The molecule has 0 saturated carbocycles. The molecule has 0 saturated heterocycles. The van der Waals surface area contributed by atoms with E-state index >= 15 is 0 Å². The lowest BCUT2D eigenvalue weighted by Crippen LogP contribution is -2.25. The highest BCUT2D eigenvalue weighted by atomic mass is 15.1. The molecule has 2 nitrogen and oxygen atoms in total. The second-order valence-corrected chi connectivity index (χ2v) is 6.92. The molecule has 0 fully saturated rings. The smallest absolute Gasteiger partial charge is 0.0896 e. The van der Waals surface area contributed by atoms with Gasteiger partial charge < -0.3 is 0 Å². The summed E-state index contributed by atoms with van der Waals surface area (Å²) in [7, 11) is 0. The molecule has 23 heavy (non-hydrogen) atoms. The van der Waals surface area contributed by atoms with Gasteiger partial charge in [0.25, 0.3) is 0 Å². The van der Waals surface area contributed by atoms with Gasteiger partial charge in [0, 0.05) is 5.56 Å².